The van der Waals surface area contributed by atoms with E-state index in [1.807, 2.05) is 11.8 Å². The van der Waals surface area contributed by atoms with Gasteiger partial charge in [0.05, 0.1) is 6.20 Å². The summed E-state index contributed by atoms with van der Waals surface area (Å²) in [6.07, 6.45) is 5.66. The van der Waals surface area contributed by atoms with Crippen molar-refractivity contribution in [3.8, 4) is 0 Å². The molecule has 0 aliphatic carbocycles. The van der Waals surface area contributed by atoms with E-state index in [1.54, 1.807) is 6.07 Å². The van der Waals surface area contributed by atoms with Gasteiger partial charge in [-0.2, -0.15) is 11.8 Å². The van der Waals surface area contributed by atoms with Gasteiger partial charge in [0.15, 0.2) is 0 Å². The third kappa shape index (κ3) is 4.46. The molecule has 0 unspecified atom stereocenters. The minimum atomic E-state index is -0.294. The molecule has 4 heteroatoms. The molecule has 2 nitrogen and oxygen atoms in total. The molecule has 1 N–H and O–H groups in total. The normalized spacial score (nSPS) is 10.1. The van der Waals surface area contributed by atoms with Crippen molar-refractivity contribution >= 4 is 17.6 Å². The standard InChI is InChI=1S/C10H15FN2S/c1-14-7-3-2-6-12-10-5-4-9(11)8-13-10/h4-5,8H,2-3,6-7H2,1H3,(H,12,13). The first-order valence-corrected chi connectivity index (χ1v) is 6.06. The first-order chi connectivity index (χ1) is 6.83. The van der Waals surface area contributed by atoms with Crippen LogP contribution in [0.2, 0.25) is 0 Å². The quantitative estimate of drug-likeness (QED) is 0.737. The largest absolute Gasteiger partial charge is 0.370 e. The second-order valence-electron chi connectivity index (χ2n) is 2.99. The molecule has 1 aromatic rings. The van der Waals surface area contributed by atoms with Crippen LogP contribution in [0.15, 0.2) is 18.3 Å². The summed E-state index contributed by atoms with van der Waals surface area (Å²) in [5.41, 5.74) is 0. The van der Waals surface area contributed by atoms with Crippen LogP contribution in [0.25, 0.3) is 0 Å². The van der Waals surface area contributed by atoms with Gasteiger partial charge in [0.1, 0.15) is 11.6 Å². The van der Waals surface area contributed by atoms with Gasteiger partial charge >= 0.3 is 0 Å². The summed E-state index contributed by atoms with van der Waals surface area (Å²) in [7, 11) is 0. The van der Waals surface area contributed by atoms with E-state index in [0.717, 1.165) is 18.8 Å². The molecule has 0 atom stereocenters. The van der Waals surface area contributed by atoms with Crippen molar-refractivity contribution in [2.75, 3.05) is 23.9 Å². The molecule has 0 aliphatic heterocycles. The van der Waals surface area contributed by atoms with E-state index >= 15 is 0 Å². The highest BCUT2D eigenvalue weighted by Gasteiger charge is 1.93. The molecule has 0 aliphatic rings. The fourth-order valence-electron chi connectivity index (χ4n) is 1.07. The Hall–Kier alpha value is -0.770. The highest BCUT2D eigenvalue weighted by molar-refractivity contribution is 7.98. The maximum Gasteiger partial charge on any atom is 0.141 e. The second kappa shape index (κ2) is 6.65. The average Bonchev–Trinajstić information content (AvgIpc) is 2.21. The number of hydrogen-bond acceptors (Lipinski definition) is 3. The molecule has 0 saturated carbocycles. The Kier molecular flexibility index (Phi) is 5.37. The number of halogens is 1. The van der Waals surface area contributed by atoms with Crippen LogP contribution in [0.5, 0.6) is 0 Å². The predicted octanol–water partition coefficient (Wildman–Crippen LogP) is 2.78. The number of unbranched alkanes of at least 4 members (excludes halogenated alkanes) is 1. The number of pyridine rings is 1. The zero-order valence-corrected chi connectivity index (χ0v) is 9.11. The summed E-state index contributed by atoms with van der Waals surface area (Å²) < 4.78 is 12.5. The van der Waals surface area contributed by atoms with Crippen LogP contribution in [0, 0.1) is 5.82 Å². The summed E-state index contributed by atoms with van der Waals surface area (Å²) in [5.74, 6) is 1.65. The maximum absolute atomic E-state index is 12.5. The van der Waals surface area contributed by atoms with Crippen molar-refractivity contribution in [3.05, 3.63) is 24.1 Å². The lowest BCUT2D eigenvalue weighted by Gasteiger charge is -2.04. The molecule has 0 amide bonds. The van der Waals surface area contributed by atoms with Gasteiger partial charge in [-0.3, -0.25) is 0 Å². The lowest BCUT2D eigenvalue weighted by atomic mass is 10.3. The van der Waals surface area contributed by atoms with Crippen molar-refractivity contribution in [1.29, 1.82) is 0 Å². The number of thioether (sulfide) groups is 1. The molecule has 1 rings (SSSR count). The Morgan fingerprint density at radius 1 is 1.43 bits per heavy atom. The third-order valence-electron chi connectivity index (χ3n) is 1.81. The van der Waals surface area contributed by atoms with Gasteiger partial charge in [0.25, 0.3) is 0 Å². The van der Waals surface area contributed by atoms with E-state index in [9.17, 15) is 4.39 Å². The van der Waals surface area contributed by atoms with Crippen molar-refractivity contribution in [1.82, 2.24) is 4.98 Å². The maximum atomic E-state index is 12.5. The summed E-state index contributed by atoms with van der Waals surface area (Å²) in [6, 6.07) is 3.07. The van der Waals surface area contributed by atoms with Gasteiger partial charge in [0.2, 0.25) is 0 Å². The van der Waals surface area contributed by atoms with Crippen molar-refractivity contribution in [2.45, 2.75) is 12.8 Å². The number of hydrogen-bond donors (Lipinski definition) is 1. The Morgan fingerprint density at radius 3 is 2.93 bits per heavy atom. The number of aromatic nitrogens is 1. The van der Waals surface area contributed by atoms with Crippen molar-refractivity contribution in [2.24, 2.45) is 0 Å². The number of nitrogens with one attached hydrogen (secondary N) is 1. The van der Waals surface area contributed by atoms with Gasteiger partial charge in [-0.15, -0.1) is 0 Å². The Bertz CT molecular complexity index is 251. The first kappa shape index (κ1) is 11.3. The van der Waals surface area contributed by atoms with E-state index in [-0.39, 0.29) is 5.82 Å². The highest BCUT2D eigenvalue weighted by atomic mass is 32.2. The third-order valence-corrected chi connectivity index (χ3v) is 2.51. The topological polar surface area (TPSA) is 24.9 Å². The molecule has 78 valence electrons. The van der Waals surface area contributed by atoms with Gasteiger partial charge in [-0.05, 0) is 37.0 Å². The Balaban J connectivity index is 2.15. The number of nitrogens with zero attached hydrogens (tertiary/aromatic N) is 1. The highest BCUT2D eigenvalue weighted by Crippen LogP contribution is 2.04. The Labute approximate surface area is 88.3 Å². The van der Waals surface area contributed by atoms with Crippen LogP contribution in [0.1, 0.15) is 12.8 Å². The predicted molar refractivity (Wildman–Crippen MR) is 60.3 cm³/mol. The van der Waals surface area contributed by atoms with Crippen LogP contribution < -0.4 is 5.32 Å². The summed E-state index contributed by atoms with van der Waals surface area (Å²) in [4.78, 5) is 3.90. The fraction of sp³-hybridized carbons (Fsp3) is 0.500. The van der Waals surface area contributed by atoms with E-state index < -0.39 is 0 Å². The zero-order chi connectivity index (χ0) is 10.2. The molecule has 1 aromatic heterocycles. The molecule has 0 aromatic carbocycles. The number of anilines is 1. The molecular formula is C10H15FN2S. The monoisotopic (exact) mass is 214 g/mol. The molecule has 0 saturated heterocycles. The van der Waals surface area contributed by atoms with Crippen LogP contribution in [0.3, 0.4) is 0 Å². The van der Waals surface area contributed by atoms with Crippen molar-refractivity contribution < 1.29 is 4.39 Å². The minimum Gasteiger partial charge on any atom is -0.370 e. The van der Waals surface area contributed by atoms with E-state index in [0.29, 0.717) is 0 Å². The second-order valence-corrected chi connectivity index (χ2v) is 3.97. The SMILES string of the molecule is CSCCCCNc1ccc(F)cn1. The first-order valence-electron chi connectivity index (χ1n) is 4.67. The smallest absolute Gasteiger partial charge is 0.141 e. The van der Waals surface area contributed by atoms with Crippen molar-refractivity contribution in [3.63, 3.8) is 0 Å². The van der Waals surface area contributed by atoms with E-state index in [2.05, 4.69) is 16.6 Å². The van der Waals surface area contributed by atoms with Crippen LogP contribution >= 0.6 is 11.8 Å². The summed E-state index contributed by atoms with van der Waals surface area (Å²) in [5, 5.41) is 3.14. The summed E-state index contributed by atoms with van der Waals surface area (Å²) >= 11 is 1.86. The minimum absolute atomic E-state index is 0.294. The molecule has 0 fully saturated rings. The summed E-state index contributed by atoms with van der Waals surface area (Å²) in [6.45, 7) is 0.902. The van der Waals surface area contributed by atoms with Gasteiger partial charge < -0.3 is 5.32 Å². The lowest BCUT2D eigenvalue weighted by molar-refractivity contribution is 0.621. The molecule has 0 spiro atoms. The Morgan fingerprint density at radius 2 is 2.29 bits per heavy atom. The molecule has 0 bridgehead atoms. The average molecular weight is 214 g/mol. The zero-order valence-electron chi connectivity index (χ0n) is 8.29. The number of rotatable bonds is 6. The molecule has 14 heavy (non-hydrogen) atoms. The fourth-order valence-corrected chi connectivity index (χ4v) is 1.56. The van der Waals surface area contributed by atoms with Gasteiger partial charge in [-0.1, -0.05) is 0 Å². The van der Waals surface area contributed by atoms with Crippen LogP contribution in [0.4, 0.5) is 10.2 Å². The van der Waals surface area contributed by atoms with E-state index in [1.165, 1.54) is 24.4 Å². The van der Waals surface area contributed by atoms with E-state index in [4.69, 9.17) is 0 Å². The molecule has 1 heterocycles. The molecular weight excluding hydrogens is 199 g/mol. The molecule has 0 radical (unpaired) electrons. The van der Waals surface area contributed by atoms with Crippen LogP contribution in [-0.2, 0) is 0 Å². The van der Waals surface area contributed by atoms with Gasteiger partial charge in [0, 0.05) is 6.54 Å². The lowest BCUT2D eigenvalue weighted by Crippen LogP contribution is -2.03. The van der Waals surface area contributed by atoms with Crippen LogP contribution in [-0.4, -0.2) is 23.5 Å². The van der Waals surface area contributed by atoms with Gasteiger partial charge in [-0.25, -0.2) is 9.37 Å².